The summed E-state index contributed by atoms with van der Waals surface area (Å²) >= 11 is 0. The van der Waals surface area contributed by atoms with E-state index < -0.39 is 5.82 Å². The average molecular weight is 330 g/mol. The zero-order valence-electron chi connectivity index (χ0n) is 13.9. The van der Waals surface area contributed by atoms with Gasteiger partial charge in [0.1, 0.15) is 5.69 Å². The average Bonchev–Trinajstić information content (AvgIpc) is 3.18. The van der Waals surface area contributed by atoms with Gasteiger partial charge in [-0.1, -0.05) is 0 Å². The van der Waals surface area contributed by atoms with Crippen molar-refractivity contribution in [3.8, 4) is 11.3 Å². The van der Waals surface area contributed by atoms with Crippen LogP contribution in [0.15, 0.2) is 12.4 Å². The normalized spacial score (nSPS) is 23.6. The molecule has 0 saturated heterocycles. The van der Waals surface area contributed by atoms with Crippen LogP contribution in [-0.2, 0) is 13.5 Å². The molecule has 0 unspecified atom stereocenters. The van der Waals surface area contributed by atoms with E-state index in [1.165, 1.54) is 19.0 Å². The van der Waals surface area contributed by atoms with Crippen LogP contribution in [0.25, 0.3) is 11.3 Å². The molecule has 0 spiro atoms. The molecule has 2 atom stereocenters. The van der Waals surface area contributed by atoms with E-state index in [1.807, 2.05) is 11.7 Å². The van der Waals surface area contributed by atoms with Crippen LogP contribution in [0.2, 0.25) is 0 Å². The molecular weight excluding hydrogens is 307 g/mol. The first-order valence-electron chi connectivity index (χ1n) is 8.66. The zero-order valence-corrected chi connectivity index (χ0v) is 13.9. The molecule has 0 amide bonds. The lowest BCUT2D eigenvalue weighted by molar-refractivity contribution is 0.615. The largest absolute Gasteiger partial charge is 0.351 e. The molecule has 0 aliphatic heterocycles. The monoisotopic (exact) mass is 330 g/mol. The van der Waals surface area contributed by atoms with Crippen molar-refractivity contribution in [3.63, 3.8) is 0 Å². The maximum atomic E-state index is 14.4. The quantitative estimate of drug-likeness (QED) is 0.879. The van der Waals surface area contributed by atoms with Crippen LogP contribution in [0.3, 0.4) is 0 Å². The topological polar surface area (TPSA) is 81.7 Å². The van der Waals surface area contributed by atoms with Gasteiger partial charge in [-0.25, -0.2) is 14.4 Å². The summed E-state index contributed by atoms with van der Waals surface area (Å²) in [6.45, 7) is 0. The van der Waals surface area contributed by atoms with Crippen LogP contribution in [0.1, 0.15) is 37.8 Å². The molecule has 4 rings (SSSR count). The van der Waals surface area contributed by atoms with E-state index in [0.717, 1.165) is 36.9 Å². The van der Waals surface area contributed by atoms with Crippen LogP contribution in [0.5, 0.6) is 0 Å². The van der Waals surface area contributed by atoms with Crippen LogP contribution in [0, 0.1) is 11.7 Å². The minimum absolute atomic E-state index is 0.228. The van der Waals surface area contributed by atoms with E-state index >= 15 is 0 Å². The summed E-state index contributed by atoms with van der Waals surface area (Å²) in [6.07, 6.45) is 9.26. The molecule has 6 nitrogen and oxygen atoms in total. The highest BCUT2D eigenvalue weighted by atomic mass is 19.1. The van der Waals surface area contributed by atoms with Gasteiger partial charge in [0.25, 0.3) is 0 Å². The van der Waals surface area contributed by atoms with E-state index in [0.29, 0.717) is 17.6 Å². The molecule has 2 saturated carbocycles. The Bertz CT molecular complexity index is 739. The second-order valence-corrected chi connectivity index (χ2v) is 7.08. The molecule has 0 bridgehead atoms. The lowest BCUT2D eigenvalue weighted by atomic mass is 10.1. The molecule has 2 aliphatic rings. The standard InChI is InChI=1S/C17H23FN6/c1-24-15(6-10-2-3-10)13(8-21-24)16-14(18)9-20-17(23-16)22-12-5-4-11(19)7-12/h8-12H,2-7,19H2,1H3,(H,20,22,23)/t11-,12-/m1/s1. The lowest BCUT2D eigenvalue weighted by Gasteiger charge is -2.13. The second-order valence-electron chi connectivity index (χ2n) is 7.08. The minimum atomic E-state index is -0.409. The Balaban J connectivity index is 1.61. The number of anilines is 1. The third-order valence-corrected chi connectivity index (χ3v) is 5.05. The molecule has 24 heavy (non-hydrogen) atoms. The fraction of sp³-hybridized carbons (Fsp3) is 0.588. The van der Waals surface area contributed by atoms with E-state index in [4.69, 9.17) is 5.73 Å². The van der Waals surface area contributed by atoms with Crippen LogP contribution in [0.4, 0.5) is 10.3 Å². The molecule has 7 heteroatoms. The van der Waals surface area contributed by atoms with Crippen molar-refractivity contribution in [3.05, 3.63) is 23.9 Å². The molecule has 2 fully saturated rings. The summed E-state index contributed by atoms with van der Waals surface area (Å²) in [4.78, 5) is 8.54. The second kappa shape index (κ2) is 6.12. The van der Waals surface area contributed by atoms with E-state index in [2.05, 4.69) is 20.4 Å². The Morgan fingerprint density at radius 1 is 1.29 bits per heavy atom. The van der Waals surface area contributed by atoms with Crippen molar-refractivity contribution in [1.82, 2.24) is 19.7 Å². The molecule has 2 aliphatic carbocycles. The Morgan fingerprint density at radius 2 is 2.12 bits per heavy atom. The van der Waals surface area contributed by atoms with Gasteiger partial charge in [0.15, 0.2) is 5.82 Å². The molecule has 128 valence electrons. The summed E-state index contributed by atoms with van der Waals surface area (Å²) in [7, 11) is 1.90. The highest BCUT2D eigenvalue weighted by Gasteiger charge is 2.27. The van der Waals surface area contributed by atoms with Crippen LogP contribution in [-0.4, -0.2) is 31.8 Å². The van der Waals surface area contributed by atoms with Crippen molar-refractivity contribution in [2.45, 2.75) is 50.6 Å². The maximum absolute atomic E-state index is 14.4. The van der Waals surface area contributed by atoms with Crippen molar-refractivity contribution in [2.24, 2.45) is 18.7 Å². The molecule has 2 heterocycles. The van der Waals surface area contributed by atoms with Crippen LogP contribution < -0.4 is 11.1 Å². The molecule has 2 aromatic heterocycles. The number of aryl methyl sites for hydroxylation is 1. The van der Waals surface area contributed by atoms with Gasteiger partial charge in [-0.15, -0.1) is 0 Å². The summed E-state index contributed by atoms with van der Waals surface area (Å²) in [6, 6.07) is 0.490. The lowest BCUT2D eigenvalue weighted by Crippen LogP contribution is -2.22. The van der Waals surface area contributed by atoms with E-state index in [9.17, 15) is 4.39 Å². The Morgan fingerprint density at radius 3 is 2.83 bits per heavy atom. The van der Waals surface area contributed by atoms with Crippen molar-refractivity contribution in [1.29, 1.82) is 0 Å². The Kier molecular flexibility index (Phi) is 3.96. The van der Waals surface area contributed by atoms with Crippen LogP contribution >= 0.6 is 0 Å². The smallest absolute Gasteiger partial charge is 0.223 e. The van der Waals surface area contributed by atoms with Gasteiger partial charge >= 0.3 is 0 Å². The van der Waals surface area contributed by atoms with Gasteiger partial charge in [-0.05, 0) is 44.4 Å². The van der Waals surface area contributed by atoms with Crippen molar-refractivity contribution in [2.75, 3.05) is 5.32 Å². The van der Waals surface area contributed by atoms with E-state index in [-0.39, 0.29) is 12.1 Å². The van der Waals surface area contributed by atoms with E-state index in [1.54, 1.807) is 6.20 Å². The number of nitrogens with two attached hydrogens (primary N) is 1. The van der Waals surface area contributed by atoms with Crippen molar-refractivity contribution >= 4 is 5.95 Å². The van der Waals surface area contributed by atoms with Crippen molar-refractivity contribution < 1.29 is 4.39 Å². The highest BCUT2D eigenvalue weighted by Crippen LogP contribution is 2.36. The SMILES string of the molecule is Cn1ncc(-c2nc(N[C@@H]3CC[C@@H](N)C3)ncc2F)c1CC1CC1. The number of rotatable bonds is 5. The molecule has 0 radical (unpaired) electrons. The zero-order chi connectivity index (χ0) is 16.7. The Labute approximate surface area is 140 Å². The maximum Gasteiger partial charge on any atom is 0.223 e. The van der Waals surface area contributed by atoms with Gasteiger partial charge in [0, 0.05) is 30.4 Å². The van der Waals surface area contributed by atoms with Gasteiger partial charge in [0.05, 0.1) is 12.4 Å². The molecule has 3 N–H and O–H groups in total. The number of halogens is 1. The number of nitrogens with one attached hydrogen (secondary N) is 1. The molecule has 2 aromatic rings. The summed E-state index contributed by atoms with van der Waals surface area (Å²) in [5.41, 5.74) is 8.10. The fourth-order valence-electron chi connectivity index (χ4n) is 3.45. The van der Waals surface area contributed by atoms with Gasteiger partial charge in [0.2, 0.25) is 5.95 Å². The predicted molar refractivity (Wildman–Crippen MR) is 89.9 cm³/mol. The first-order valence-corrected chi connectivity index (χ1v) is 8.66. The fourth-order valence-corrected chi connectivity index (χ4v) is 3.45. The summed E-state index contributed by atoms with van der Waals surface area (Å²) < 4.78 is 16.2. The first kappa shape index (κ1) is 15.5. The Hall–Kier alpha value is -2.02. The minimum Gasteiger partial charge on any atom is -0.351 e. The third kappa shape index (κ3) is 3.13. The summed E-state index contributed by atoms with van der Waals surface area (Å²) in [5.74, 6) is 0.752. The highest BCUT2D eigenvalue weighted by molar-refractivity contribution is 5.63. The number of hydrogen-bond acceptors (Lipinski definition) is 5. The molecule has 0 aromatic carbocycles. The van der Waals surface area contributed by atoms with Gasteiger partial charge in [-0.2, -0.15) is 5.10 Å². The number of hydrogen-bond donors (Lipinski definition) is 2. The van der Waals surface area contributed by atoms with Gasteiger partial charge < -0.3 is 11.1 Å². The number of aromatic nitrogens is 4. The van der Waals surface area contributed by atoms with Gasteiger partial charge in [-0.3, -0.25) is 4.68 Å². The third-order valence-electron chi connectivity index (χ3n) is 5.05. The number of nitrogens with zero attached hydrogens (tertiary/aromatic N) is 4. The summed E-state index contributed by atoms with van der Waals surface area (Å²) in [5, 5.41) is 7.60. The first-order chi connectivity index (χ1) is 11.6. The predicted octanol–water partition coefficient (Wildman–Crippen LogP) is 2.26. The molecular formula is C17H23FN6.